The highest BCUT2D eigenvalue weighted by Gasteiger charge is 2.12. The van der Waals surface area contributed by atoms with Crippen molar-refractivity contribution in [1.29, 1.82) is 0 Å². The Labute approximate surface area is 125 Å². The zero-order chi connectivity index (χ0) is 15.1. The minimum absolute atomic E-state index is 0.0150. The highest BCUT2D eigenvalue weighted by Crippen LogP contribution is 2.29. The van der Waals surface area contributed by atoms with Crippen LogP contribution in [0, 0.1) is 0 Å². The van der Waals surface area contributed by atoms with Gasteiger partial charge in [0, 0.05) is 5.56 Å². The van der Waals surface area contributed by atoms with Gasteiger partial charge in [-0.05, 0) is 30.7 Å². The highest BCUT2D eigenvalue weighted by atomic mass is 16.6. The second-order valence-corrected chi connectivity index (χ2v) is 4.72. The van der Waals surface area contributed by atoms with Crippen LogP contribution in [0.15, 0.2) is 48.5 Å². The van der Waals surface area contributed by atoms with Gasteiger partial charge in [-0.25, -0.2) is 0 Å². The van der Waals surface area contributed by atoms with Crippen LogP contribution in [-0.2, 0) is 11.4 Å². The van der Waals surface area contributed by atoms with Gasteiger partial charge in [-0.1, -0.05) is 30.3 Å². The topological polar surface area (TPSA) is 39.7 Å². The van der Waals surface area contributed by atoms with Crippen LogP contribution in [-0.4, -0.2) is 14.2 Å². The molecule has 2 aromatic carbocycles. The van der Waals surface area contributed by atoms with E-state index < -0.39 is 0 Å². The second-order valence-electron chi connectivity index (χ2n) is 4.72. The number of hydroxylamine groups is 1. The van der Waals surface area contributed by atoms with E-state index in [-0.39, 0.29) is 6.04 Å². The summed E-state index contributed by atoms with van der Waals surface area (Å²) in [5.41, 5.74) is 5.15. The van der Waals surface area contributed by atoms with Gasteiger partial charge in [-0.2, -0.15) is 5.48 Å². The maximum atomic E-state index is 5.56. The second kappa shape index (κ2) is 7.67. The van der Waals surface area contributed by atoms with Gasteiger partial charge < -0.3 is 9.47 Å². The van der Waals surface area contributed by atoms with Crippen molar-refractivity contribution in [2.45, 2.75) is 19.6 Å². The number of nitrogens with one attached hydrogen (secondary N) is 1. The summed E-state index contributed by atoms with van der Waals surface area (Å²) in [4.78, 5) is 5.56. The number of rotatable bonds is 7. The van der Waals surface area contributed by atoms with E-state index in [1.807, 2.05) is 55.5 Å². The van der Waals surface area contributed by atoms with Crippen molar-refractivity contribution >= 4 is 0 Å². The van der Waals surface area contributed by atoms with Crippen LogP contribution < -0.4 is 15.0 Å². The first kappa shape index (κ1) is 15.4. The monoisotopic (exact) mass is 287 g/mol. The normalized spacial score (nSPS) is 12.0. The van der Waals surface area contributed by atoms with E-state index in [9.17, 15) is 0 Å². The Bertz CT molecular complexity index is 557. The third kappa shape index (κ3) is 4.21. The molecule has 21 heavy (non-hydrogen) atoms. The summed E-state index contributed by atoms with van der Waals surface area (Å²) < 4.78 is 10.6. The molecule has 112 valence electrons. The molecule has 0 heterocycles. The number of hydrogen-bond acceptors (Lipinski definition) is 4. The zero-order valence-corrected chi connectivity index (χ0v) is 12.6. The molecular formula is C17H21NO3. The minimum Gasteiger partial charge on any atom is -0.497 e. The molecule has 1 N–H and O–H groups in total. The van der Waals surface area contributed by atoms with Gasteiger partial charge in [-0.15, -0.1) is 0 Å². The molecule has 4 nitrogen and oxygen atoms in total. The van der Waals surface area contributed by atoms with Crippen molar-refractivity contribution in [2.24, 2.45) is 0 Å². The van der Waals surface area contributed by atoms with Crippen molar-refractivity contribution in [3.05, 3.63) is 59.7 Å². The summed E-state index contributed by atoms with van der Waals surface area (Å²) in [6, 6.07) is 15.7. The lowest BCUT2D eigenvalue weighted by Gasteiger charge is -2.18. The van der Waals surface area contributed by atoms with Crippen molar-refractivity contribution in [2.75, 3.05) is 14.2 Å². The number of ether oxygens (including phenoxy) is 2. The SMILES string of the molecule is COc1ccc(OC)c(C(C)NOCc2ccccc2)c1. The van der Waals surface area contributed by atoms with Crippen LogP contribution in [0.2, 0.25) is 0 Å². The molecule has 0 aliphatic heterocycles. The van der Waals surface area contributed by atoms with Gasteiger partial charge in [0.1, 0.15) is 11.5 Å². The molecule has 0 aliphatic carbocycles. The Balaban J connectivity index is 1.97. The first-order valence-electron chi connectivity index (χ1n) is 6.87. The molecule has 0 fully saturated rings. The van der Waals surface area contributed by atoms with E-state index in [1.165, 1.54) is 0 Å². The predicted molar refractivity (Wildman–Crippen MR) is 82.3 cm³/mol. The van der Waals surface area contributed by atoms with Gasteiger partial charge in [-0.3, -0.25) is 4.84 Å². The summed E-state index contributed by atoms with van der Waals surface area (Å²) in [5, 5.41) is 0. The molecular weight excluding hydrogens is 266 g/mol. The van der Waals surface area contributed by atoms with Gasteiger partial charge in [0.25, 0.3) is 0 Å². The van der Waals surface area contributed by atoms with Crippen LogP contribution in [0.4, 0.5) is 0 Å². The summed E-state index contributed by atoms with van der Waals surface area (Å²) in [6.07, 6.45) is 0. The van der Waals surface area contributed by atoms with Crippen LogP contribution in [0.3, 0.4) is 0 Å². The van der Waals surface area contributed by atoms with Gasteiger partial charge >= 0.3 is 0 Å². The fourth-order valence-corrected chi connectivity index (χ4v) is 2.07. The van der Waals surface area contributed by atoms with E-state index >= 15 is 0 Å². The number of methoxy groups -OCH3 is 2. The zero-order valence-electron chi connectivity index (χ0n) is 12.6. The fourth-order valence-electron chi connectivity index (χ4n) is 2.07. The van der Waals surface area contributed by atoms with Crippen LogP contribution in [0.1, 0.15) is 24.1 Å². The molecule has 0 amide bonds. The van der Waals surface area contributed by atoms with Gasteiger partial charge in [0.2, 0.25) is 0 Å². The Morgan fingerprint density at radius 3 is 2.43 bits per heavy atom. The largest absolute Gasteiger partial charge is 0.497 e. The number of benzene rings is 2. The van der Waals surface area contributed by atoms with E-state index in [0.29, 0.717) is 6.61 Å². The Morgan fingerprint density at radius 1 is 1.00 bits per heavy atom. The van der Waals surface area contributed by atoms with Crippen LogP contribution >= 0.6 is 0 Å². The van der Waals surface area contributed by atoms with Crippen LogP contribution in [0.25, 0.3) is 0 Å². The smallest absolute Gasteiger partial charge is 0.123 e. The van der Waals surface area contributed by atoms with Gasteiger partial charge in [0.05, 0.1) is 26.9 Å². The standard InChI is InChI=1S/C17H21NO3/c1-13(18-21-12-14-7-5-4-6-8-14)16-11-15(19-2)9-10-17(16)20-3/h4-11,13,18H,12H2,1-3H3. The molecule has 0 radical (unpaired) electrons. The highest BCUT2D eigenvalue weighted by molar-refractivity contribution is 5.41. The predicted octanol–water partition coefficient (Wildman–Crippen LogP) is 3.49. The lowest BCUT2D eigenvalue weighted by molar-refractivity contribution is 0.00650. The maximum absolute atomic E-state index is 5.56. The van der Waals surface area contributed by atoms with E-state index in [0.717, 1.165) is 22.6 Å². The van der Waals surface area contributed by atoms with E-state index in [1.54, 1.807) is 14.2 Å². The minimum atomic E-state index is -0.0150. The van der Waals surface area contributed by atoms with Crippen molar-refractivity contribution < 1.29 is 14.3 Å². The number of hydrogen-bond donors (Lipinski definition) is 1. The Hall–Kier alpha value is -2.04. The Kier molecular flexibility index (Phi) is 5.60. The molecule has 0 saturated carbocycles. The van der Waals surface area contributed by atoms with E-state index in [2.05, 4.69) is 5.48 Å². The summed E-state index contributed by atoms with van der Waals surface area (Å²) in [6.45, 7) is 2.53. The van der Waals surface area contributed by atoms with Crippen molar-refractivity contribution in [3.8, 4) is 11.5 Å². The first-order valence-corrected chi connectivity index (χ1v) is 6.87. The first-order chi connectivity index (χ1) is 10.2. The molecule has 1 unspecified atom stereocenters. The third-order valence-corrected chi connectivity index (χ3v) is 3.25. The van der Waals surface area contributed by atoms with E-state index in [4.69, 9.17) is 14.3 Å². The molecule has 2 rings (SSSR count). The Morgan fingerprint density at radius 2 is 1.76 bits per heavy atom. The molecule has 0 bridgehead atoms. The van der Waals surface area contributed by atoms with Gasteiger partial charge in [0.15, 0.2) is 0 Å². The van der Waals surface area contributed by atoms with Crippen LogP contribution in [0.5, 0.6) is 11.5 Å². The molecule has 0 saturated heterocycles. The molecule has 4 heteroatoms. The summed E-state index contributed by atoms with van der Waals surface area (Å²) >= 11 is 0. The molecule has 2 aromatic rings. The lowest BCUT2D eigenvalue weighted by atomic mass is 10.1. The molecule has 0 aliphatic rings. The average molecular weight is 287 g/mol. The maximum Gasteiger partial charge on any atom is 0.123 e. The quantitative estimate of drug-likeness (QED) is 0.791. The average Bonchev–Trinajstić information content (AvgIpc) is 2.55. The molecule has 0 spiro atoms. The summed E-state index contributed by atoms with van der Waals surface area (Å²) in [5.74, 6) is 1.60. The molecule has 1 atom stereocenters. The fraction of sp³-hybridized carbons (Fsp3) is 0.294. The molecule has 0 aromatic heterocycles. The summed E-state index contributed by atoms with van der Waals surface area (Å²) in [7, 11) is 3.30. The van der Waals surface area contributed by atoms with Crippen molar-refractivity contribution in [1.82, 2.24) is 5.48 Å². The third-order valence-electron chi connectivity index (χ3n) is 3.25. The van der Waals surface area contributed by atoms with Crippen molar-refractivity contribution in [3.63, 3.8) is 0 Å². The lowest BCUT2D eigenvalue weighted by Crippen LogP contribution is -2.19.